The van der Waals surface area contributed by atoms with E-state index in [-0.39, 0.29) is 17.3 Å². The van der Waals surface area contributed by atoms with E-state index in [0.29, 0.717) is 6.54 Å². The molecule has 0 radical (unpaired) electrons. The summed E-state index contributed by atoms with van der Waals surface area (Å²) >= 11 is 0. The highest BCUT2D eigenvalue weighted by molar-refractivity contribution is 5.67. The van der Waals surface area contributed by atoms with Crippen molar-refractivity contribution in [1.82, 2.24) is 0 Å². The van der Waals surface area contributed by atoms with Gasteiger partial charge in [0.15, 0.2) is 0 Å². The average Bonchev–Trinajstić information content (AvgIpc) is 2.24. The number of carbonyl (C=O) groups is 1. The molecule has 0 heterocycles. The minimum Gasteiger partial charge on any atom is -0.481 e. The molecule has 0 unspecified atom stereocenters. The monoisotopic (exact) mass is 263 g/mol. The normalized spacial score (nSPS) is 12.3. The third-order valence-electron chi connectivity index (χ3n) is 3.12. The highest BCUT2D eigenvalue weighted by atomic mass is 16.4. The van der Waals surface area contributed by atoms with E-state index in [9.17, 15) is 4.79 Å². The predicted molar refractivity (Wildman–Crippen MR) is 79.7 cm³/mol. The van der Waals surface area contributed by atoms with Crippen LogP contribution in [0, 0.1) is 5.41 Å². The Hall–Kier alpha value is -1.51. The maximum atomic E-state index is 10.8. The zero-order valence-electron chi connectivity index (χ0n) is 12.6. The summed E-state index contributed by atoms with van der Waals surface area (Å²) in [5, 5.41) is 12.3. The average molecular weight is 263 g/mol. The minimum absolute atomic E-state index is 0.0700. The molecular formula is C16H25NO2. The van der Waals surface area contributed by atoms with E-state index in [1.165, 1.54) is 5.56 Å². The van der Waals surface area contributed by atoms with Crippen LogP contribution in [0.2, 0.25) is 0 Å². The molecule has 0 spiro atoms. The highest BCUT2D eigenvalue weighted by Crippen LogP contribution is 2.30. The highest BCUT2D eigenvalue weighted by Gasteiger charge is 2.23. The summed E-state index contributed by atoms with van der Waals surface area (Å²) in [5.41, 5.74) is 2.15. The molecule has 0 bridgehead atoms. The number of hydrogen-bond acceptors (Lipinski definition) is 2. The van der Waals surface area contributed by atoms with Crippen LogP contribution in [0.15, 0.2) is 24.3 Å². The van der Waals surface area contributed by atoms with E-state index in [0.717, 1.165) is 5.69 Å². The first-order valence-corrected chi connectivity index (χ1v) is 6.67. The van der Waals surface area contributed by atoms with E-state index >= 15 is 0 Å². The van der Waals surface area contributed by atoms with Crippen molar-refractivity contribution in [3.8, 4) is 0 Å². The van der Waals surface area contributed by atoms with Gasteiger partial charge in [0.2, 0.25) is 0 Å². The molecule has 0 aromatic heterocycles. The molecule has 106 valence electrons. The van der Waals surface area contributed by atoms with Gasteiger partial charge in [0.05, 0.1) is 6.42 Å². The lowest BCUT2D eigenvalue weighted by Gasteiger charge is -2.27. The summed E-state index contributed by atoms with van der Waals surface area (Å²) in [5.74, 6) is -0.754. The van der Waals surface area contributed by atoms with Crippen LogP contribution in [0.5, 0.6) is 0 Å². The van der Waals surface area contributed by atoms with Crippen LogP contribution in [0.4, 0.5) is 5.69 Å². The number of aliphatic carboxylic acids is 1. The lowest BCUT2D eigenvalue weighted by atomic mass is 9.85. The van der Waals surface area contributed by atoms with Gasteiger partial charge in [-0.3, -0.25) is 4.79 Å². The number of nitrogens with one attached hydrogen (secondary N) is 1. The first-order chi connectivity index (χ1) is 8.62. The van der Waals surface area contributed by atoms with Gasteiger partial charge >= 0.3 is 5.97 Å². The summed E-state index contributed by atoms with van der Waals surface area (Å²) < 4.78 is 0. The van der Waals surface area contributed by atoms with Crippen molar-refractivity contribution in [3.63, 3.8) is 0 Å². The Kier molecular flexibility index (Phi) is 4.61. The largest absolute Gasteiger partial charge is 0.481 e. The van der Waals surface area contributed by atoms with Crippen LogP contribution in [-0.2, 0) is 10.2 Å². The van der Waals surface area contributed by atoms with Crippen LogP contribution in [0.1, 0.15) is 46.6 Å². The van der Waals surface area contributed by atoms with E-state index in [4.69, 9.17) is 5.11 Å². The Morgan fingerprint density at radius 1 is 1.16 bits per heavy atom. The maximum Gasteiger partial charge on any atom is 0.303 e. The van der Waals surface area contributed by atoms with Crippen molar-refractivity contribution in [3.05, 3.63) is 29.8 Å². The fourth-order valence-electron chi connectivity index (χ4n) is 2.10. The molecule has 1 aromatic rings. The smallest absolute Gasteiger partial charge is 0.303 e. The van der Waals surface area contributed by atoms with Crippen LogP contribution in [0.25, 0.3) is 0 Å². The fraction of sp³-hybridized carbons (Fsp3) is 0.562. The second-order valence-electron chi connectivity index (χ2n) is 6.88. The Labute approximate surface area is 116 Å². The molecule has 3 heteroatoms. The molecular weight excluding hydrogens is 238 g/mol. The van der Waals surface area contributed by atoms with Gasteiger partial charge in [-0.05, 0) is 22.5 Å². The molecule has 0 aliphatic heterocycles. The third kappa shape index (κ3) is 4.93. The number of hydrogen-bond donors (Lipinski definition) is 2. The molecule has 0 saturated carbocycles. The van der Waals surface area contributed by atoms with E-state index in [1.807, 2.05) is 26.0 Å². The van der Waals surface area contributed by atoms with Gasteiger partial charge in [0, 0.05) is 12.2 Å². The molecule has 0 aliphatic rings. The van der Waals surface area contributed by atoms with Gasteiger partial charge < -0.3 is 10.4 Å². The van der Waals surface area contributed by atoms with Gasteiger partial charge in [-0.15, -0.1) is 0 Å². The lowest BCUT2D eigenvalue weighted by molar-refractivity contribution is -0.139. The summed E-state index contributed by atoms with van der Waals surface area (Å²) in [7, 11) is 0. The fourth-order valence-corrected chi connectivity index (χ4v) is 2.10. The van der Waals surface area contributed by atoms with E-state index < -0.39 is 5.97 Å². The Morgan fingerprint density at radius 3 is 2.26 bits per heavy atom. The molecule has 0 amide bonds. The number of rotatable bonds is 5. The van der Waals surface area contributed by atoms with Crippen molar-refractivity contribution in [2.45, 2.75) is 46.5 Å². The Balaban J connectivity index is 2.81. The topological polar surface area (TPSA) is 49.3 Å². The van der Waals surface area contributed by atoms with Gasteiger partial charge in [0.25, 0.3) is 0 Å². The quantitative estimate of drug-likeness (QED) is 0.847. The van der Waals surface area contributed by atoms with Gasteiger partial charge in [0.1, 0.15) is 0 Å². The molecule has 0 saturated heterocycles. The minimum atomic E-state index is -0.754. The van der Waals surface area contributed by atoms with E-state index in [2.05, 4.69) is 38.2 Å². The van der Waals surface area contributed by atoms with Crippen LogP contribution in [0.3, 0.4) is 0 Å². The summed E-state index contributed by atoms with van der Waals surface area (Å²) in [6.45, 7) is 11.1. The zero-order chi connectivity index (χ0) is 14.7. The molecule has 3 nitrogen and oxygen atoms in total. The van der Waals surface area contributed by atoms with Gasteiger partial charge in [-0.25, -0.2) is 0 Å². The standard InChI is InChI=1S/C16H25NO2/c1-15(2,3)12-8-6-7-9-13(12)17-11-16(4,5)10-14(18)19/h6-9,17H,10-11H2,1-5H3,(H,18,19). The molecule has 1 rings (SSSR count). The SMILES string of the molecule is CC(C)(CNc1ccccc1C(C)(C)C)CC(=O)O. The summed E-state index contributed by atoms with van der Waals surface area (Å²) in [6.07, 6.45) is 0.164. The first-order valence-electron chi connectivity index (χ1n) is 6.67. The van der Waals surface area contributed by atoms with E-state index in [1.54, 1.807) is 0 Å². The molecule has 19 heavy (non-hydrogen) atoms. The molecule has 2 N–H and O–H groups in total. The predicted octanol–water partition coefficient (Wildman–Crippen LogP) is 3.90. The van der Waals surface area contributed by atoms with Gasteiger partial charge in [-0.2, -0.15) is 0 Å². The van der Waals surface area contributed by atoms with Crippen molar-refractivity contribution < 1.29 is 9.90 Å². The van der Waals surface area contributed by atoms with Crippen molar-refractivity contribution in [2.75, 3.05) is 11.9 Å². The lowest BCUT2D eigenvalue weighted by Crippen LogP contribution is -2.27. The number of carboxylic acids is 1. The third-order valence-corrected chi connectivity index (χ3v) is 3.12. The molecule has 1 aromatic carbocycles. The van der Waals surface area contributed by atoms with Crippen LogP contribution < -0.4 is 5.32 Å². The Bertz CT molecular complexity index is 444. The van der Waals surface area contributed by atoms with Crippen molar-refractivity contribution >= 4 is 11.7 Å². The summed E-state index contributed by atoms with van der Waals surface area (Å²) in [6, 6.07) is 8.21. The maximum absolute atomic E-state index is 10.8. The molecule has 0 aliphatic carbocycles. The molecule has 0 fully saturated rings. The summed E-state index contributed by atoms with van der Waals surface area (Å²) in [4.78, 5) is 10.8. The number of para-hydroxylation sites is 1. The number of benzene rings is 1. The first kappa shape index (κ1) is 15.5. The van der Waals surface area contributed by atoms with Crippen LogP contribution >= 0.6 is 0 Å². The second kappa shape index (κ2) is 5.64. The Morgan fingerprint density at radius 2 is 1.74 bits per heavy atom. The number of anilines is 1. The van der Waals surface area contributed by atoms with Crippen LogP contribution in [-0.4, -0.2) is 17.6 Å². The second-order valence-corrected chi connectivity index (χ2v) is 6.88. The van der Waals surface area contributed by atoms with Crippen molar-refractivity contribution in [2.24, 2.45) is 5.41 Å². The van der Waals surface area contributed by atoms with Gasteiger partial charge in [-0.1, -0.05) is 52.8 Å². The molecule has 0 atom stereocenters. The van der Waals surface area contributed by atoms with Crippen molar-refractivity contribution in [1.29, 1.82) is 0 Å². The zero-order valence-corrected chi connectivity index (χ0v) is 12.6. The number of carboxylic acid groups (broad SMARTS) is 1.